The Bertz CT molecular complexity index is 322. The van der Waals surface area contributed by atoms with Gasteiger partial charge in [0.25, 0.3) is 0 Å². The Morgan fingerprint density at radius 3 is 2.22 bits per heavy atom. The molecule has 0 aliphatic rings. The Hall–Kier alpha value is -1.79. The number of carbonyl (C=O) groups is 3. The number of hydrogen-bond acceptors (Lipinski definition) is 5. The van der Waals surface area contributed by atoms with E-state index in [1.807, 2.05) is 0 Å². The maximum absolute atomic E-state index is 11.4. The molecule has 0 aromatic carbocycles. The highest BCUT2D eigenvalue weighted by atomic mass is 16.6. The van der Waals surface area contributed by atoms with Gasteiger partial charge in [0.15, 0.2) is 0 Å². The molecule has 0 spiro atoms. The molecule has 0 radical (unpaired) electrons. The van der Waals surface area contributed by atoms with Crippen LogP contribution < -0.4 is 11.1 Å². The van der Waals surface area contributed by atoms with E-state index in [9.17, 15) is 14.4 Å². The van der Waals surface area contributed by atoms with Crippen molar-refractivity contribution in [2.75, 3.05) is 6.61 Å². The van der Waals surface area contributed by atoms with Crippen molar-refractivity contribution < 1.29 is 23.9 Å². The van der Waals surface area contributed by atoms with Crippen LogP contribution in [0, 0.1) is 0 Å². The van der Waals surface area contributed by atoms with E-state index in [1.54, 1.807) is 27.7 Å². The SMILES string of the molecule is CCC(=O)OC[C@H](NC(=O)OC(C)(C)C)C(N)=O. The van der Waals surface area contributed by atoms with Crippen LogP contribution in [0.4, 0.5) is 4.79 Å². The fraction of sp³-hybridized carbons (Fsp3) is 0.727. The summed E-state index contributed by atoms with van der Waals surface area (Å²) in [5.74, 6) is -1.28. The summed E-state index contributed by atoms with van der Waals surface area (Å²) in [6.45, 7) is 6.36. The van der Waals surface area contributed by atoms with E-state index in [0.717, 1.165) is 0 Å². The second-order valence-electron chi connectivity index (χ2n) is 4.64. The molecular weight excluding hydrogens is 240 g/mol. The number of esters is 1. The van der Waals surface area contributed by atoms with Crippen LogP contribution in [-0.2, 0) is 19.1 Å². The lowest BCUT2D eigenvalue weighted by atomic mass is 10.2. The number of nitrogens with one attached hydrogen (secondary N) is 1. The number of nitrogens with two attached hydrogens (primary N) is 1. The summed E-state index contributed by atoms with van der Waals surface area (Å²) in [5.41, 5.74) is 4.39. The van der Waals surface area contributed by atoms with E-state index < -0.39 is 29.6 Å². The van der Waals surface area contributed by atoms with Gasteiger partial charge in [0.2, 0.25) is 5.91 Å². The van der Waals surface area contributed by atoms with Gasteiger partial charge in [0, 0.05) is 6.42 Å². The minimum absolute atomic E-state index is 0.178. The van der Waals surface area contributed by atoms with Crippen LogP contribution in [0.1, 0.15) is 34.1 Å². The molecule has 1 atom stereocenters. The first kappa shape index (κ1) is 16.2. The van der Waals surface area contributed by atoms with E-state index in [-0.39, 0.29) is 13.0 Å². The smallest absolute Gasteiger partial charge is 0.408 e. The normalized spacial score (nSPS) is 12.4. The van der Waals surface area contributed by atoms with E-state index in [1.165, 1.54) is 0 Å². The largest absolute Gasteiger partial charge is 0.463 e. The van der Waals surface area contributed by atoms with Gasteiger partial charge in [0.05, 0.1) is 0 Å². The molecule has 0 aromatic heterocycles. The van der Waals surface area contributed by atoms with Crippen LogP contribution in [0.3, 0.4) is 0 Å². The van der Waals surface area contributed by atoms with Crippen molar-refractivity contribution >= 4 is 18.0 Å². The molecule has 7 nitrogen and oxygen atoms in total. The van der Waals surface area contributed by atoms with Gasteiger partial charge in [-0.15, -0.1) is 0 Å². The quantitative estimate of drug-likeness (QED) is 0.692. The van der Waals surface area contributed by atoms with Gasteiger partial charge < -0.3 is 20.5 Å². The van der Waals surface area contributed by atoms with Crippen LogP contribution in [0.25, 0.3) is 0 Å². The minimum Gasteiger partial charge on any atom is -0.463 e. The van der Waals surface area contributed by atoms with Gasteiger partial charge in [-0.05, 0) is 20.8 Å². The van der Waals surface area contributed by atoms with Crippen LogP contribution in [0.5, 0.6) is 0 Å². The predicted octanol–water partition coefficient (Wildman–Crippen LogP) is 0.318. The topological polar surface area (TPSA) is 108 Å². The van der Waals surface area contributed by atoms with Gasteiger partial charge in [0.1, 0.15) is 18.2 Å². The molecular formula is C11H20N2O5. The molecule has 0 rings (SSSR count). The van der Waals surface area contributed by atoms with Crippen molar-refractivity contribution in [3.05, 3.63) is 0 Å². The summed E-state index contributed by atoms with van der Waals surface area (Å²) in [6.07, 6.45) is -0.614. The van der Waals surface area contributed by atoms with E-state index >= 15 is 0 Å². The zero-order valence-corrected chi connectivity index (χ0v) is 11.1. The van der Waals surface area contributed by atoms with E-state index in [0.29, 0.717) is 0 Å². The maximum Gasteiger partial charge on any atom is 0.408 e. The number of primary amides is 1. The maximum atomic E-state index is 11.4. The highest BCUT2D eigenvalue weighted by Crippen LogP contribution is 2.06. The molecule has 0 bridgehead atoms. The minimum atomic E-state index is -1.10. The molecule has 0 aromatic rings. The Kier molecular flexibility index (Phi) is 6.15. The fourth-order valence-corrected chi connectivity index (χ4v) is 0.923. The van der Waals surface area contributed by atoms with Crippen molar-refractivity contribution in [3.8, 4) is 0 Å². The summed E-state index contributed by atoms with van der Waals surface area (Å²) >= 11 is 0. The van der Waals surface area contributed by atoms with Gasteiger partial charge in [-0.25, -0.2) is 4.79 Å². The molecule has 0 heterocycles. The zero-order valence-electron chi connectivity index (χ0n) is 11.1. The number of alkyl carbamates (subject to hydrolysis) is 1. The molecule has 0 saturated carbocycles. The van der Waals surface area contributed by atoms with Crippen LogP contribution in [0.2, 0.25) is 0 Å². The summed E-state index contributed by atoms with van der Waals surface area (Å²) in [5, 5.41) is 2.24. The second kappa shape index (κ2) is 6.83. The van der Waals surface area contributed by atoms with Gasteiger partial charge >= 0.3 is 12.1 Å². The third kappa shape index (κ3) is 7.48. The molecule has 18 heavy (non-hydrogen) atoms. The van der Waals surface area contributed by atoms with Crippen LogP contribution in [0.15, 0.2) is 0 Å². The van der Waals surface area contributed by atoms with Crippen LogP contribution >= 0.6 is 0 Å². The third-order valence-corrected chi connectivity index (χ3v) is 1.73. The highest BCUT2D eigenvalue weighted by molar-refractivity contribution is 5.84. The number of amides is 2. The zero-order chi connectivity index (χ0) is 14.3. The van der Waals surface area contributed by atoms with E-state index in [4.69, 9.17) is 15.2 Å². The third-order valence-electron chi connectivity index (χ3n) is 1.73. The number of ether oxygens (including phenoxy) is 2. The van der Waals surface area contributed by atoms with Crippen molar-refractivity contribution in [2.45, 2.75) is 45.8 Å². The Labute approximate surface area is 106 Å². The molecule has 0 fully saturated rings. The van der Waals surface area contributed by atoms with Gasteiger partial charge in [-0.3, -0.25) is 9.59 Å². The van der Waals surface area contributed by atoms with Crippen molar-refractivity contribution in [3.63, 3.8) is 0 Å². The summed E-state index contributed by atoms with van der Waals surface area (Å²) < 4.78 is 9.69. The Morgan fingerprint density at radius 2 is 1.83 bits per heavy atom. The molecule has 0 unspecified atom stereocenters. The molecule has 0 aliphatic carbocycles. The molecule has 0 aliphatic heterocycles. The number of rotatable bonds is 5. The first-order valence-corrected chi connectivity index (χ1v) is 5.60. The van der Waals surface area contributed by atoms with Gasteiger partial charge in [-0.1, -0.05) is 6.92 Å². The molecule has 3 N–H and O–H groups in total. The van der Waals surface area contributed by atoms with E-state index in [2.05, 4.69) is 5.32 Å². The standard InChI is InChI=1S/C11H20N2O5/c1-5-8(14)17-6-7(9(12)15)13-10(16)18-11(2,3)4/h7H,5-6H2,1-4H3,(H2,12,15)(H,13,16)/t7-/m0/s1. The second-order valence-corrected chi connectivity index (χ2v) is 4.64. The lowest BCUT2D eigenvalue weighted by molar-refractivity contribution is -0.144. The van der Waals surface area contributed by atoms with Crippen molar-refractivity contribution in [1.82, 2.24) is 5.32 Å². The summed E-state index contributed by atoms with van der Waals surface area (Å²) in [4.78, 5) is 33.4. The summed E-state index contributed by atoms with van der Waals surface area (Å²) in [6, 6.07) is -1.10. The summed E-state index contributed by atoms with van der Waals surface area (Å²) in [7, 11) is 0. The predicted molar refractivity (Wildman–Crippen MR) is 63.6 cm³/mol. The van der Waals surface area contributed by atoms with Gasteiger partial charge in [-0.2, -0.15) is 0 Å². The molecule has 104 valence electrons. The Morgan fingerprint density at radius 1 is 1.28 bits per heavy atom. The molecule has 7 heteroatoms. The van der Waals surface area contributed by atoms with Crippen LogP contribution in [-0.4, -0.2) is 36.2 Å². The number of hydrogen-bond donors (Lipinski definition) is 2. The first-order chi connectivity index (χ1) is 8.15. The average molecular weight is 260 g/mol. The average Bonchev–Trinajstić information content (AvgIpc) is 2.20. The monoisotopic (exact) mass is 260 g/mol. The first-order valence-electron chi connectivity index (χ1n) is 5.60. The highest BCUT2D eigenvalue weighted by Gasteiger charge is 2.23. The Balaban J connectivity index is 4.32. The molecule has 0 saturated heterocycles. The van der Waals surface area contributed by atoms with Crippen molar-refractivity contribution in [2.24, 2.45) is 5.73 Å². The lowest BCUT2D eigenvalue weighted by Crippen LogP contribution is -2.49. The fourth-order valence-electron chi connectivity index (χ4n) is 0.923. The number of carbonyl (C=O) groups excluding carboxylic acids is 3. The van der Waals surface area contributed by atoms with Crippen molar-refractivity contribution in [1.29, 1.82) is 0 Å². The lowest BCUT2D eigenvalue weighted by Gasteiger charge is -2.22. The molecule has 2 amide bonds.